The maximum absolute atomic E-state index is 8.86. The molecule has 0 N–H and O–H groups in total. The molecule has 0 saturated carbocycles. The van der Waals surface area contributed by atoms with E-state index < -0.39 is 0 Å². The molecule has 0 radical (unpaired) electrons. The molecule has 0 amide bonds. The molecule has 4 aromatic rings. The van der Waals surface area contributed by atoms with Crippen molar-refractivity contribution in [2.24, 2.45) is 0 Å². The van der Waals surface area contributed by atoms with Crippen LogP contribution in [0.15, 0.2) is 90.5 Å². The summed E-state index contributed by atoms with van der Waals surface area (Å²) < 4.78 is 2.32. The molecule has 0 fully saturated rings. The third kappa shape index (κ3) is 3.18. The van der Waals surface area contributed by atoms with Gasteiger partial charge in [0.05, 0.1) is 5.52 Å². The van der Waals surface area contributed by atoms with Gasteiger partial charge < -0.3 is 4.57 Å². The van der Waals surface area contributed by atoms with E-state index in [1.807, 2.05) is 30.4 Å². The predicted octanol–water partition coefficient (Wildman–Crippen LogP) is 4.87. The van der Waals surface area contributed by atoms with Gasteiger partial charge in [-0.15, -0.1) is 0 Å². The molecule has 4 rings (SSSR count). The van der Waals surface area contributed by atoms with Crippen LogP contribution in [0.3, 0.4) is 0 Å². The number of hydrogen-bond donors (Lipinski definition) is 0. The summed E-state index contributed by atoms with van der Waals surface area (Å²) in [5, 5.41) is 22.5. The molecule has 3 aromatic carbocycles. The Hall–Kier alpha value is -4.08. The normalized spacial score (nSPS) is 11.7. The Balaban J connectivity index is 1.93. The van der Waals surface area contributed by atoms with Gasteiger partial charge in [-0.1, -0.05) is 72.8 Å². The number of aromatic nitrogens is 1. The van der Waals surface area contributed by atoms with E-state index in [-0.39, 0.29) is 5.57 Å². The maximum atomic E-state index is 8.86. The summed E-state index contributed by atoms with van der Waals surface area (Å²) in [6.07, 6.45) is 7.19. The number of nitriles is 2. The van der Waals surface area contributed by atoms with Crippen LogP contribution in [0, 0.1) is 22.7 Å². The lowest BCUT2D eigenvalue weighted by Crippen LogP contribution is -2.16. The summed E-state index contributed by atoms with van der Waals surface area (Å²) in [5.41, 5.74) is 2.52. The van der Waals surface area contributed by atoms with Gasteiger partial charge in [0.15, 0.2) is 0 Å². The minimum atomic E-state index is 0.0904. The Bertz CT molecular complexity index is 1320. The Morgan fingerprint density at radius 1 is 0.857 bits per heavy atom. The topological polar surface area (TPSA) is 52.5 Å². The fraction of sp³-hybridized carbons (Fsp3) is 0.0400. The summed E-state index contributed by atoms with van der Waals surface area (Å²) in [4.78, 5) is 0. The van der Waals surface area contributed by atoms with Crippen molar-refractivity contribution in [2.75, 3.05) is 0 Å². The third-order valence-corrected chi connectivity index (χ3v) is 4.79. The van der Waals surface area contributed by atoms with Crippen LogP contribution >= 0.6 is 0 Å². The van der Waals surface area contributed by atoms with Crippen molar-refractivity contribution in [3.63, 3.8) is 0 Å². The van der Waals surface area contributed by atoms with Crippen molar-refractivity contribution >= 4 is 27.8 Å². The molecule has 0 aliphatic carbocycles. The Morgan fingerprint density at radius 3 is 2.36 bits per heavy atom. The van der Waals surface area contributed by atoms with Crippen LogP contribution in [-0.4, -0.2) is 4.57 Å². The van der Waals surface area contributed by atoms with Gasteiger partial charge >= 0.3 is 0 Å². The third-order valence-electron chi connectivity index (χ3n) is 4.79. The van der Waals surface area contributed by atoms with Gasteiger partial charge in [0.25, 0.3) is 0 Å². The van der Waals surface area contributed by atoms with Crippen LogP contribution in [0.2, 0.25) is 0 Å². The first-order valence-corrected chi connectivity index (χ1v) is 9.04. The zero-order valence-electron chi connectivity index (χ0n) is 15.2. The quantitative estimate of drug-likeness (QED) is 0.385. The average molecular weight is 359 g/mol. The molecule has 0 unspecified atom stereocenters. The molecule has 0 atom stereocenters. The van der Waals surface area contributed by atoms with Gasteiger partial charge in [-0.2, -0.15) is 10.5 Å². The molecule has 0 aliphatic rings. The van der Waals surface area contributed by atoms with Gasteiger partial charge in [-0.3, -0.25) is 0 Å². The number of allylic oxidation sites excluding steroid dienone is 4. The van der Waals surface area contributed by atoms with E-state index in [1.165, 1.54) is 33.3 Å². The van der Waals surface area contributed by atoms with Crippen molar-refractivity contribution in [1.29, 1.82) is 10.5 Å². The van der Waals surface area contributed by atoms with Crippen LogP contribution in [-0.2, 0) is 6.54 Å². The van der Waals surface area contributed by atoms with Crippen LogP contribution in [0.25, 0.3) is 27.8 Å². The largest absolute Gasteiger partial charge is 0.336 e. The van der Waals surface area contributed by atoms with E-state index >= 15 is 0 Å². The second kappa shape index (κ2) is 7.66. The zero-order chi connectivity index (χ0) is 19.3. The van der Waals surface area contributed by atoms with E-state index in [0.29, 0.717) is 0 Å². The van der Waals surface area contributed by atoms with Gasteiger partial charge in [-0.05, 0) is 29.2 Å². The molecule has 28 heavy (non-hydrogen) atoms. The van der Waals surface area contributed by atoms with Crippen molar-refractivity contribution in [1.82, 2.24) is 4.57 Å². The van der Waals surface area contributed by atoms with Gasteiger partial charge in [0.1, 0.15) is 17.7 Å². The molecular formula is C25H17N3. The second-order valence-electron chi connectivity index (χ2n) is 6.49. The lowest BCUT2D eigenvalue weighted by Gasteiger charge is -2.07. The highest BCUT2D eigenvalue weighted by Crippen LogP contribution is 2.26. The summed E-state index contributed by atoms with van der Waals surface area (Å²) in [6.45, 7) is 0.770. The highest BCUT2D eigenvalue weighted by Gasteiger charge is 2.11. The van der Waals surface area contributed by atoms with E-state index in [2.05, 4.69) is 65.2 Å². The Kier molecular flexibility index (Phi) is 4.74. The SMILES string of the molecule is N#CC(C#N)=C/C=C/C=c1\c2cccc3cccc(c32)n1Cc1ccccc1. The Morgan fingerprint density at radius 2 is 1.61 bits per heavy atom. The lowest BCUT2D eigenvalue weighted by molar-refractivity contribution is 0.814. The molecule has 132 valence electrons. The number of benzene rings is 3. The molecule has 1 aromatic heterocycles. The van der Waals surface area contributed by atoms with Crippen molar-refractivity contribution in [3.05, 3.63) is 101 Å². The van der Waals surface area contributed by atoms with Gasteiger partial charge in [-0.25, -0.2) is 0 Å². The molecule has 3 heteroatoms. The molecule has 1 heterocycles. The summed E-state index contributed by atoms with van der Waals surface area (Å²) in [5.74, 6) is 0. The summed E-state index contributed by atoms with van der Waals surface area (Å²) >= 11 is 0. The molecular weight excluding hydrogens is 342 g/mol. The fourth-order valence-corrected chi connectivity index (χ4v) is 3.55. The van der Waals surface area contributed by atoms with E-state index in [4.69, 9.17) is 10.5 Å². The minimum absolute atomic E-state index is 0.0904. The van der Waals surface area contributed by atoms with Crippen LogP contribution < -0.4 is 5.35 Å². The Labute approximate surface area is 163 Å². The monoisotopic (exact) mass is 359 g/mol. The molecule has 0 spiro atoms. The standard InChI is InChI=1S/C25H17N3/c26-16-20(17-27)10-4-5-14-23-22-13-6-11-21-12-7-15-24(25(21)22)28(23)18-19-8-2-1-3-9-19/h1-15H,18H2/b5-4+,23-14+. The highest BCUT2D eigenvalue weighted by molar-refractivity contribution is 6.10. The smallest absolute Gasteiger partial charge is 0.129 e. The molecule has 0 aliphatic heterocycles. The first-order valence-electron chi connectivity index (χ1n) is 9.04. The number of rotatable bonds is 4. The molecule has 0 saturated heterocycles. The predicted molar refractivity (Wildman–Crippen MR) is 113 cm³/mol. The van der Waals surface area contributed by atoms with Gasteiger partial charge in [0.2, 0.25) is 0 Å². The highest BCUT2D eigenvalue weighted by atomic mass is 15.0. The van der Waals surface area contributed by atoms with E-state index in [9.17, 15) is 0 Å². The van der Waals surface area contributed by atoms with Crippen molar-refractivity contribution < 1.29 is 0 Å². The first kappa shape index (κ1) is 17.3. The summed E-state index contributed by atoms with van der Waals surface area (Å²) in [7, 11) is 0. The minimum Gasteiger partial charge on any atom is -0.336 e. The average Bonchev–Trinajstić information content (AvgIpc) is 3.04. The number of hydrogen-bond acceptors (Lipinski definition) is 2. The summed E-state index contributed by atoms with van der Waals surface area (Å²) in [6, 6.07) is 26.9. The molecule has 3 nitrogen and oxygen atoms in total. The van der Waals surface area contributed by atoms with Crippen LogP contribution in [0.1, 0.15) is 5.56 Å². The number of nitrogens with zero attached hydrogens (tertiary/aromatic N) is 3. The van der Waals surface area contributed by atoms with Gasteiger partial charge in [0, 0.05) is 22.7 Å². The van der Waals surface area contributed by atoms with E-state index in [0.717, 1.165) is 11.9 Å². The maximum Gasteiger partial charge on any atom is 0.129 e. The van der Waals surface area contributed by atoms with Crippen molar-refractivity contribution in [3.8, 4) is 12.1 Å². The fourth-order valence-electron chi connectivity index (χ4n) is 3.55. The lowest BCUT2D eigenvalue weighted by atomic mass is 10.1. The van der Waals surface area contributed by atoms with E-state index in [1.54, 1.807) is 6.08 Å². The van der Waals surface area contributed by atoms with Crippen LogP contribution in [0.5, 0.6) is 0 Å². The second-order valence-corrected chi connectivity index (χ2v) is 6.49. The van der Waals surface area contributed by atoms with Crippen molar-refractivity contribution in [2.45, 2.75) is 6.54 Å². The first-order chi connectivity index (χ1) is 13.8. The zero-order valence-corrected chi connectivity index (χ0v) is 15.2. The van der Waals surface area contributed by atoms with Crippen LogP contribution in [0.4, 0.5) is 0 Å². The molecule has 0 bridgehead atoms.